The molecule has 6 nitrogen and oxygen atoms in total. The Morgan fingerprint density at radius 2 is 1.85 bits per heavy atom. The highest BCUT2D eigenvalue weighted by molar-refractivity contribution is 7.89. The van der Waals surface area contributed by atoms with E-state index in [-0.39, 0.29) is 10.3 Å². The molecule has 0 aliphatic heterocycles. The van der Waals surface area contributed by atoms with Gasteiger partial charge in [-0.1, -0.05) is 32.0 Å². The number of rotatable bonds is 8. The molecule has 2 rings (SSSR count). The Balaban J connectivity index is 2.03. The van der Waals surface area contributed by atoms with Gasteiger partial charge in [0.1, 0.15) is 0 Å². The predicted octanol–water partition coefficient (Wildman–Crippen LogP) is 2.69. The average Bonchev–Trinajstić information content (AvgIpc) is 3.20. The van der Waals surface area contributed by atoms with Crippen LogP contribution < -0.4 is 15.4 Å². The zero-order valence-electron chi connectivity index (χ0n) is 16.2. The zero-order chi connectivity index (χ0) is 19.9. The van der Waals surface area contributed by atoms with Gasteiger partial charge in [0.15, 0.2) is 5.96 Å². The van der Waals surface area contributed by atoms with Gasteiger partial charge in [-0.2, -0.15) is 0 Å². The van der Waals surface area contributed by atoms with Gasteiger partial charge in [0.25, 0.3) is 0 Å². The summed E-state index contributed by atoms with van der Waals surface area (Å²) in [6.45, 7) is 8.43. The van der Waals surface area contributed by atoms with Crippen molar-refractivity contribution in [1.82, 2.24) is 15.4 Å². The van der Waals surface area contributed by atoms with Crippen LogP contribution in [0.2, 0.25) is 0 Å². The number of sulfonamides is 1. The Bertz CT molecular complexity index is 842. The number of nitrogens with zero attached hydrogens (tertiary/aromatic N) is 1. The molecule has 148 valence electrons. The minimum atomic E-state index is -3.41. The van der Waals surface area contributed by atoms with Crippen LogP contribution in [0.5, 0.6) is 0 Å². The Morgan fingerprint density at radius 3 is 2.41 bits per heavy atom. The lowest BCUT2D eigenvalue weighted by atomic mass is 9.91. The van der Waals surface area contributed by atoms with Gasteiger partial charge in [0.2, 0.25) is 10.0 Å². The summed E-state index contributed by atoms with van der Waals surface area (Å²) in [5.41, 5.74) is 0.952. The van der Waals surface area contributed by atoms with E-state index in [9.17, 15) is 8.42 Å². The van der Waals surface area contributed by atoms with E-state index in [2.05, 4.69) is 51.7 Å². The Labute approximate surface area is 166 Å². The van der Waals surface area contributed by atoms with Gasteiger partial charge >= 0.3 is 0 Å². The molecule has 1 aromatic heterocycles. The predicted molar refractivity (Wildman–Crippen MR) is 113 cm³/mol. The van der Waals surface area contributed by atoms with E-state index in [1.165, 1.54) is 11.9 Å². The lowest BCUT2D eigenvalue weighted by Crippen LogP contribution is -2.43. The molecule has 27 heavy (non-hydrogen) atoms. The number of hydrogen-bond donors (Lipinski definition) is 3. The molecule has 2 aromatic rings. The summed E-state index contributed by atoms with van der Waals surface area (Å²) in [5, 5.41) is 8.75. The molecule has 1 heterocycles. The lowest BCUT2D eigenvalue weighted by molar-refractivity contribution is 0.518. The van der Waals surface area contributed by atoms with Crippen molar-refractivity contribution < 1.29 is 8.42 Å². The summed E-state index contributed by atoms with van der Waals surface area (Å²) in [5.74, 6) is 0.744. The number of guanidine groups is 1. The first-order valence-corrected chi connectivity index (χ1v) is 11.2. The average molecular weight is 409 g/mol. The smallest absolute Gasteiger partial charge is 0.240 e. The van der Waals surface area contributed by atoms with Crippen LogP contribution in [0.15, 0.2) is 51.7 Å². The van der Waals surface area contributed by atoms with Crippen LogP contribution in [0.1, 0.15) is 31.2 Å². The van der Waals surface area contributed by atoms with E-state index in [0.717, 1.165) is 24.6 Å². The highest BCUT2D eigenvalue weighted by Gasteiger charge is 2.21. The van der Waals surface area contributed by atoms with Crippen molar-refractivity contribution in [3.8, 4) is 0 Å². The summed E-state index contributed by atoms with van der Waals surface area (Å²) < 4.78 is 25.9. The fourth-order valence-electron chi connectivity index (χ4n) is 2.46. The number of nitrogens with one attached hydrogen (secondary N) is 3. The maximum absolute atomic E-state index is 11.8. The molecule has 0 fully saturated rings. The van der Waals surface area contributed by atoms with E-state index < -0.39 is 10.0 Å². The maximum Gasteiger partial charge on any atom is 0.240 e. The minimum Gasteiger partial charge on any atom is -0.357 e. The van der Waals surface area contributed by atoms with Gasteiger partial charge < -0.3 is 10.6 Å². The van der Waals surface area contributed by atoms with E-state index in [1.807, 2.05) is 6.92 Å². The van der Waals surface area contributed by atoms with Gasteiger partial charge in [-0.25, -0.2) is 18.1 Å². The third-order valence-electron chi connectivity index (χ3n) is 4.15. The monoisotopic (exact) mass is 408 g/mol. The van der Waals surface area contributed by atoms with Crippen LogP contribution in [0.4, 0.5) is 0 Å². The number of benzene rings is 1. The first-order valence-electron chi connectivity index (χ1n) is 8.87. The molecule has 0 atom stereocenters. The fourth-order valence-corrected chi connectivity index (χ4v) is 4.04. The molecular weight excluding hydrogens is 380 g/mol. The number of thiophene rings is 1. The van der Waals surface area contributed by atoms with Gasteiger partial charge in [0.05, 0.1) is 11.4 Å². The van der Waals surface area contributed by atoms with Crippen molar-refractivity contribution in [2.75, 3.05) is 20.1 Å². The van der Waals surface area contributed by atoms with Crippen LogP contribution in [0.3, 0.4) is 0 Å². The molecule has 0 bridgehead atoms. The van der Waals surface area contributed by atoms with E-state index in [4.69, 9.17) is 0 Å². The molecule has 0 unspecified atom stereocenters. The standard InChI is InChI=1S/C19H28N4O2S2/c1-5-21-18(23-14-19(2,3)17-7-6-12-26-17)22-13-15-8-10-16(11-9-15)27(24,25)20-4/h6-12,20H,5,13-14H2,1-4H3,(H2,21,22,23). The summed E-state index contributed by atoms with van der Waals surface area (Å²) in [6.07, 6.45) is 0. The van der Waals surface area contributed by atoms with Gasteiger partial charge in [-0.05, 0) is 43.1 Å². The van der Waals surface area contributed by atoms with Crippen molar-refractivity contribution in [2.45, 2.75) is 37.6 Å². The highest BCUT2D eigenvalue weighted by atomic mass is 32.2. The molecule has 8 heteroatoms. The van der Waals surface area contributed by atoms with Crippen molar-refractivity contribution in [2.24, 2.45) is 4.99 Å². The van der Waals surface area contributed by atoms with Crippen LogP contribution in [-0.2, 0) is 22.0 Å². The van der Waals surface area contributed by atoms with E-state index in [1.54, 1.807) is 35.6 Å². The molecule has 0 aliphatic carbocycles. The van der Waals surface area contributed by atoms with E-state index >= 15 is 0 Å². The van der Waals surface area contributed by atoms with Crippen LogP contribution in [0.25, 0.3) is 0 Å². The minimum absolute atomic E-state index is 0.00746. The normalized spacial score (nSPS) is 12.8. The second-order valence-electron chi connectivity index (χ2n) is 6.76. The maximum atomic E-state index is 11.8. The molecule has 0 spiro atoms. The Hall–Kier alpha value is -1.90. The lowest BCUT2D eigenvalue weighted by Gasteiger charge is -2.25. The Kier molecular flexibility index (Phi) is 7.41. The quantitative estimate of drug-likeness (QED) is 0.463. The molecule has 0 radical (unpaired) electrons. The van der Waals surface area contributed by atoms with Gasteiger partial charge in [-0.3, -0.25) is 0 Å². The van der Waals surface area contributed by atoms with Crippen molar-refractivity contribution in [3.05, 3.63) is 52.2 Å². The number of aliphatic imine (C=N–C) groups is 1. The molecular formula is C19H28N4O2S2. The number of hydrogen-bond acceptors (Lipinski definition) is 4. The topological polar surface area (TPSA) is 82.6 Å². The summed E-state index contributed by atoms with van der Waals surface area (Å²) in [6, 6.07) is 11.0. The largest absolute Gasteiger partial charge is 0.357 e. The fraction of sp³-hybridized carbons (Fsp3) is 0.421. The molecule has 0 saturated carbocycles. The highest BCUT2D eigenvalue weighted by Crippen LogP contribution is 2.26. The van der Waals surface area contributed by atoms with Crippen molar-refractivity contribution in [3.63, 3.8) is 0 Å². The van der Waals surface area contributed by atoms with Crippen LogP contribution >= 0.6 is 11.3 Å². The van der Waals surface area contributed by atoms with Crippen molar-refractivity contribution in [1.29, 1.82) is 0 Å². The van der Waals surface area contributed by atoms with Crippen LogP contribution in [-0.4, -0.2) is 34.5 Å². The second kappa shape index (κ2) is 9.34. The van der Waals surface area contributed by atoms with Gasteiger partial charge in [0, 0.05) is 23.4 Å². The molecule has 1 aromatic carbocycles. The molecule has 0 aliphatic rings. The molecule has 3 N–H and O–H groups in total. The summed E-state index contributed by atoms with van der Waals surface area (Å²) in [4.78, 5) is 6.19. The zero-order valence-corrected chi connectivity index (χ0v) is 17.9. The molecule has 0 amide bonds. The third kappa shape index (κ3) is 6.05. The van der Waals surface area contributed by atoms with Crippen molar-refractivity contribution >= 4 is 27.3 Å². The summed E-state index contributed by atoms with van der Waals surface area (Å²) in [7, 11) is -2.01. The van der Waals surface area contributed by atoms with Crippen LogP contribution in [0, 0.1) is 0 Å². The SMILES string of the molecule is CCNC(=NCc1ccc(S(=O)(=O)NC)cc1)NCC(C)(C)c1cccs1. The van der Waals surface area contributed by atoms with Gasteiger partial charge in [-0.15, -0.1) is 11.3 Å². The first kappa shape index (κ1) is 21.4. The Morgan fingerprint density at radius 1 is 1.15 bits per heavy atom. The summed E-state index contributed by atoms with van der Waals surface area (Å²) >= 11 is 1.76. The van der Waals surface area contributed by atoms with E-state index in [0.29, 0.717) is 6.54 Å². The third-order valence-corrected chi connectivity index (χ3v) is 6.82. The first-order chi connectivity index (χ1) is 12.8. The molecule has 0 saturated heterocycles. The second-order valence-corrected chi connectivity index (χ2v) is 9.60.